The van der Waals surface area contributed by atoms with Crippen LogP contribution >= 0.6 is 0 Å². The fourth-order valence-corrected chi connectivity index (χ4v) is 1.37. The number of anilines is 1. The van der Waals surface area contributed by atoms with E-state index in [-0.39, 0.29) is 24.0 Å². The number of para-hydroxylation sites is 2. The summed E-state index contributed by atoms with van der Waals surface area (Å²) in [6.45, 7) is 5.57. The van der Waals surface area contributed by atoms with Gasteiger partial charge in [-0.1, -0.05) is 17.3 Å². The number of hydrogen-bond acceptors (Lipinski definition) is 4. The van der Waals surface area contributed by atoms with E-state index >= 15 is 0 Å². The van der Waals surface area contributed by atoms with Gasteiger partial charge < -0.3 is 26.3 Å². The van der Waals surface area contributed by atoms with Gasteiger partial charge in [-0.3, -0.25) is 0 Å². The van der Waals surface area contributed by atoms with Crippen LogP contribution in [-0.4, -0.2) is 29.2 Å². The Balaban J connectivity index is 2.73. The van der Waals surface area contributed by atoms with E-state index in [9.17, 15) is 4.79 Å². The molecule has 20 heavy (non-hydrogen) atoms. The van der Waals surface area contributed by atoms with Gasteiger partial charge in [-0.15, -0.1) is 0 Å². The molecule has 0 spiro atoms. The lowest BCUT2D eigenvalue weighted by atomic mass is 10.1. The SMILES string of the molecule is CC(C)(C)NC(=O)Nc1ccccc1OC/C(N)=N/O. The van der Waals surface area contributed by atoms with Gasteiger partial charge in [-0.2, -0.15) is 0 Å². The number of carbonyl (C=O) groups is 1. The number of urea groups is 1. The predicted molar refractivity (Wildman–Crippen MR) is 77.3 cm³/mol. The van der Waals surface area contributed by atoms with Crippen molar-refractivity contribution in [1.29, 1.82) is 0 Å². The van der Waals surface area contributed by atoms with Crippen LogP contribution in [-0.2, 0) is 0 Å². The predicted octanol–water partition coefficient (Wildman–Crippen LogP) is 1.73. The molecular formula is C13H20N4O3. The van der Waals surface area contributed by atoms with Gasteiger partial charge in [0.15, 0.2) is 5.84 Å². The minimum Gasteiger partial charge on any atom is -0.483 e. The van der Waals surface area contributed by atoms with Crippen molar-refractivity contribution in [2.24, 2.45) is 10.9 Å². The van der Waals surface area contributed by atoms with Crippen molar-refractivity contribution in [3.05, 3.63) is 24.3 Å². The summed E-state index contributed by atoms with van der Waals surface area (Å²) in [7, 11) is 0. The highest BCUT2D eigenvalue weighted by Crippen LogP contribution is 2.23. The summed E-state index contributed by atoms with van der Waals surface area (Å²) in [5.74, 6) is 0.377. The van der Waals surface area contributed by atoms with Crippen molar-refractivity contribution in [2.45, 2.75) is 26.3 Å². The Hall–Kier alpha value is -2.44. The minimum absolute atomic E-state index is 0.0565. The number of nitrogens with one attached hydrogen (secondary N) is 2. The first-order valence-corrected chi connectivity index (χ1v) is 6.09. The van der Waals surface area contributed by atoms with E-state index in [1.54, 1.807) is 24.3 Å². The molecule has 7 nitrogen and oxygen atoms in total. The van der Waals surface area contributed by atoms with Gasteiger partial charge >= 0.3 is 6.03 Å². The van der Waals surface area contributed by atoms with Crippen LogP contribution in [0.15, 0.2) is 29.4 Å². The van der Waals surface area contributed by atoms with Crippen LogP contribution < -0.4 is 21.1 Å². The first kappa shape index (κ1) is 15.6. The number of amidine groups is 1. The van der Waals surface area contributed by atoms with Crippen LogP contribution in [0.3, 0.4) is 0 Å². The van der Waals surface area contributed by atoms with Crippen LogP contribution in [0.1, 0.15) is 20.8 Å². The number of rotatable bonds is 4. The molecule has 7 heteroatoms. The highest BCUT2D eigenvalue weighted by atomic mass is 16.5. The number of nitrogens with two attached hydrogens (primary N) is 1. The second-order valence-corrected chi connectivity index (χ2v) is 5.21. The number of hydrogen-bond donors (Lipinski definition) is 4. The van der Waals surface area contributed by atoms with Gasteiger partial charge in [0.25, 0.3) is 0 Å². The molecule has 1 aromatic carbocycles. The molecule has 0 aromatic heterocycles. The first-order chi connectivity index (χ1) is 9.31. The molecule has 0 saturated carbocycles. The normalized spacial score (nSPS) is 11.8. The molecule has 5 N–H and O–H groups in total. The van der Waals surface area contributed by atoms with E-state index in [0.717, 1.165) is 0 Å². The second-order valence-electron chi connectivity index (χ2n) is 5.21. The maximum Gasteiger partial charge on any atom is 0.319 e. The molecule has 1 rings (SSSR count). The molecule has 0 fully saturated rings. The van der Waals surface area contributed by atoms with Gasteiger partial charge in [0.2, 0.25) is 0 Å². The van der Waals surface area contributed by atoms with Gasteiger partial charge in [0.05, 0.1) is 5.69 Å². The molecular weight excluding hydrogens is 260 g/mol. The van der Waals surface area contributed by atoms with E-state index in [2.05, 4.69) is 15.8 Å². The van der Waals surface area contributed by atoms with Crippen molar-refractivity contribution in [1.82, 2.24) is 5.32 Å². The Morgan fingerprint density at radius 3 is 2.65 bits per heavy atom. The molecule has 0 radical (unpaired) electrons. The molecule has 0 bridgehead atoms. The quantitative estimate of drug-likeness (QED) is 0.291. The third-order valence-corrected chi connectivity index (χ3v) is 2.13. The highest BCUT2D eigenvalue weighted by Gasteiger charge is 2.15. The van der Waals surface area contributed by atoms with E-state index in [1.165, 1.54) is 0 Å². The highest BCUT2D eigenvalue weighted by molar-refractivity contribution is 5.91. The zero-order chi connectivity index (χ0) is 15.2. The molecule has 0 atom stereocenters. The fourth-order valence-electron chi connectivity index (χ4n) is 1.37. The molecule has 2 amide bonds. The molecule has 0 aliphatic heterocycles. The molecule has 0 heterocycles. The standard InChI is InChI=1S/C13H20N4O3/c1-13(2,3)16-12(18)15-9-6-4-5-7-10(9)20-8-11(14)17-19/h4-7,19H,8H2,1-3H3,(H2,14,17)(H2,15,16,18). The maximum atomic E-state index is 11.8. The molecule has 0 aliphatic rings. The van der Waals surface area contributed by atoms with Crippen molar-refractivity contribution in [3.8, 4) is 5.75 Å². The summed E-state index contributed by atoms with van der Waals surface area (Å²) < 4.78 is 5.36. The smallest absolute Gasteiger partial charge is 0.319 e. The average Bonchev–Trinajstić information content (AvgIpc) is 2.35. The molecule has 0 aliphatic carbocycles. The molecule has 0 saturated heterocycles. The number of nitrogens with zero attached hydrogens (tertiary/aromatic N) is 1. The lowest BCUT2D eigenvalue weighted by Crippen LogP contribution is -2.43. The van der Waals surface area contributed by atoms with Crippen LogP contribution in [0.4, 0.5) is 10.5 Å². The van der Waals surface area contributed by atoms with Gasteiger partial charge in [-0.25, -0.2) is 4.79 Å². The Morgan fingerprint density at radius 1 is 1.40 bits per heavy atom. The fraction of sp³-hybridized carbons (Fsp3) is 0.385. The van der Waals surface area contributed by atoms with E-state index in [1.807, 2.05) is 20.8 Å². The van der Waals surface area contributed by atoms with E-state index in [0.29, 0.717) is 11.4 Å². The monoisotopic (exact) mass is 280 g/mol. The maximum absolute atomic E-state index is 11.8. The Kier molecular flexibility index (Phi) is 5.19. The summed E-state index contributed by atoms with van der Waals surface area (Å²) in [6.07, 6.45) is 0. The van der Waals surface area contributed by atoms with Crippen molar-refractivity contribution in [3.63, 3.8) is 0 Å². The summed E-state index contributed by atoms with van der Waals surface area (Å²) in [5.41, 5.74) is 5.49. The summed E-state index contributed by atoms with van der Waals surface area (Å²) in [6, 6.07) is 6.57. The Bertz CT molecular complexity index is 495. The topological polar surface area (TPSA) is 109 Å². The van der Waals surface area contributed by atoms with Crippen LogP contribution in [0, 0.1) is 0 Å². The molecule has 0 unspecified atom stereocenters. The number of benzene rings is 1. The van der Waals surface area contributed by atoms with Crippen molar-refractivity contribution in [2.75, 3.05) is 11.9 Å². The van der Waals surface area contributed by atoms with E-state index < -0.39 is 0 Å². The second kappa shape index (κ2) is 6.65. The number of ether oxygens (including phenoxy) is 1. The summed E-state index contributed by atoms with van der Waals surface area (Å²) in [5, 5.41) is 16.7. The number of amides is 2. The Morgan fingerprint density at radius 2 is 2.05 bits per heavy atom. The van der Waals surface area contributed by atoms with Gasteiger partial charge in [-0.05, 0) is 32.9 Å². The van der Waals surface area contributed by atoms with Crippen molar-refractivity contribution >= 4 is 17.6 Å². The molecule has 1 aromatic rings. The Labute approximate surface area is 117 Å². The van der Waals surface area contributed by atoms with Crippen molar-refractivity contribution < 1.29 is 14.7 Å². The largest absolute Gasteiger partial charge is 0.483 e. The lowest BCUT2D eigenvalue weighted by molar-refractivity contribution is 0.243. The zero-order valence-corrected chi connectivity index (χ0v) is 11.8. The zero-order valence-electron chi connectivity index (χ0n) is 11.8. The van der Waals surface area contributed by atoms with Crippen LogP contribution in [0.2, 0.25) is 0 Å². The molecule has 110 valence electrons. The number of carbonyl (C=O) groups excluding carboxylic acids is 1. The number of oxime groups is 1. The first-order valence-electron chi connectivity index (χ1n) is 6.09. The average molecular weight is 280 g/mol. The lowest BCUT2D eigenvalue weighted by Gasteiger charge is -2.21. The van der Waals surface area contributed by atoms with Gasteiger partial charge in [0.1, 0.15) is 12.4 Å². The minimum atomic E-state index is -0.339. The summed E-state index contributed by atoms with van der Waals surface area (Å²) in [4.78, 5) is 11.8. The third-order valence-electron chi connectivity index (χ3n) is 2.13. The van der Waals surface area contributed by atoms with Crippen LogP contribution in [0.5, 0.6) is 5.75 Å². The summed E-state index contributed by atoms with van der Waals surface area (Å²) >= 11 is 0. The van der Waals surface area contributed by atoms with Crippen LogP contribution in [0.25, 0.3) is 0 Å². The third kappa shape index (κ3) is 5.47. The van der Waals surface area contributed by atoms with Gasteiger partial charge in [0, 0.05) is 5.54 Å². The van der Waals surface area contributed by atoms with E-state index in [4.69, 9.17) is 15.7 Å².